The molecule has 5 rings (SSSR count). The molecule has 9 heteroatoms. The first kappa shape index (κ1) is 22.8. The molecular formula is C25H17Cl2N3O2S2. The highest BCUT2D eigenvalue weighted by molar-refractivity contribution is 7.80. The lowest BCUT2D eigenvalue weighted by Crippen LogP contribution is -2.33. The summed E-state index contributed by atoms with van der Waals surface area (Å²) in [6.45, 7) is 2.11. The van der Waals surface area contributed by atoms with E-state index in [1.54, 1.807) is 18.2 Å². The van der Waals surface area contributed by atoms with E-state index in [0.717, 1.165) is 22.1 Å². The monoisotopic (exact) mass is 525 g/mol. The Labute approximate surface area is 214 Å². The SMILES string of the molecule is CCc1ccc(-c2nc3cc(NC(=S)NC(=O)c4sc5cc(Cl)ccc5c4Cl)ccc3o2)cc1. The molecule has 0 bridgehead atoms. The largest absolute Gasteiger partial charge is 0.436 e. The molecule has 0 aliphatic heterocycles. The fraction of sp³-hybridized carbons (Fsp3) is 0.0800. The molecule has 2 N–H and O–H groups in total. The second-order valence-electron chi connectivity index (χ2n) is 7.55. The summed E-state index contributed by atoms with van der Waals surface area (Å²) in [6, 6.07) is 18.9. The maximum atomic E-state index is 12.8. The molecule has 2 heterocycles. The topological polar surface area (TPSA) is 67.2 Å². The van der Waals surface area contributed by atoms with E-state index in [-0.39, 0.29) is 11.0 Å². The van der Waals surface area contributed by atoms with Gasteiger partial charge in [0, 0.05) is 26.4 Å². The quantitative estimate of drug-likeness (QED) is 0.235. The molecule has 0 atom stereocenters. The number of aromatic nitrogens is 1. The number of aryl methyl sites for hydroxylation is 1. The Kier molecular flexibility index (Phi) is 6.27. The number of fused-ring (bicyclic) bond motifs is 2. The summed E-state index contributed by atoms with van der Waals surface area (Å²) >= 11 is 19.1. The van der Waals surface area contributed by atoms with Crippen LogP contribution in [0.5, 0.6) is 0 Å². The molecule has 5 nitrogen and oxygen atoms in total. The normalized spacial score (nSPS) is 11.1. The van der Waals surface area contributed by atoms with E-state index < -0.39 is 0 Å². The third-order valence-electron chi connectivity index (χ3n) is 5.28. The van der Waals surface area contributed by atoms with Crippen molar-refractivity contribution in [1.29, 1.82) is 0 Å². The molecule has 3 aromatic carbocycles. The summed E-state index contributed by atoms with van der Waals surface area (Å²) in [5.74, 6) is 0.158. The van der Waals surface area contributed by atoms with Crippen LogP contribution in [0.15, 0.2) is 65.1 Å². The third-order valence-corrected chi connectivity index (χ3v) is 7.37. The molecule has 170 valence electrons. The maximum Gasteiger partial charge on any atom is 0.269 e. The number of rotatable bonds is 4. The summed E-state index contributed by atoms with van der Waals surface area (Å²) in [5.41, 5.74) is 4.17. The number of oxazole rings is 1. The second-order valence-corrected chi connectivity index (χ2v) is 9.82. The van der Waals surface area contributed by atoms with Crippen molar-refractivity contribution in [2.24, 2.45) is 0 Å². The van der Waals surface area contributed by atoms with Crippen LogP contribution in [0.1, 0.15) is 22.2 Å². The van der Waals surface area contributed by atoms with E-state index in [0.29, 0.717) is 37.6 Å². The van der Waals surface area contributed by atoms with E-state index in [1.165, 1.54) is 16.9 Å². The predicted molar refractivity (Wildman–Crippen MR) is 144 cm³/mol. The summed E-state index contributed by atoms with van der Waals surface area (Å²) in [5, 5.41) is 7.58. The molecule has 0 aliphatic carbocycles. The summed E-state index contributed by atoms with van der Waals surface area (Å²) in [6.07, 6.45) is 0.975. The number of halogens is 2. The highest BCUT2D eigenvalue weighted by Crippen LogP contribution is 2.36. The average molecular weight is 526 g/mol. The number of thiophene rings is 1. The molecule has 5 aromatic rings. The predicted octanol–water partition coefficient (Wildman–Crippen LogP) is 7.71. The molecule has 0 spiro atoms. The van der Waals surface area contributed by atoms with Crippen LogP contribution in [-0.2, 0) is 6.42 Å². The van der Waals surface area contributed by atoms with Gasteiger partial charge >= 0.3 is 0 Å². The number of anilines is 1. The van der Waals surface area contributed by atoms with Crippen molar-refractivity contribution in [3.63, 3.8) is 0 Å². The molecule has 0 saturated carbocycles. The summed E-state index contributed by atoms with van der Waals surface area (Å²) in [4.78, 5) is 17.7. The van der Waals surface area contributed by atoms with Crippen LogP contribution in [0, 0.1) is 0 Å². The molecule has 0 fully saturated rings. The van der Waals surface area contributed by atoms with E-state index in [2.05, 4.69) is 34.7 Å². The van der Waals surface area contributed by atoms with Gasteiger partial charge in [-0.3, -0.25) is 10.1 Å². The minimum absolute atomic E-state index is 0.148. The van der Waals surface area contributed by atoms with Crippen LogP contribution < -0.4 is 10.6 Å². The average Bonchev–Trinajstić information content (AvgIpc) is 3.39. The smallest absolute Gasteiger partial charge is 0.269 e. The van der Waals surface area contributed by atoms with Crippen LogP contribution in [0.25, 0.3) is 32.6 Å². The van der Waals surface area contributed by atoms with Crippen molar-refractivity contribution >= 4 is 84.6 Å². The first-order valence-corrected chi connectivity index (χ1v) is 12.4. The fourth-order valence-electron chi connectivity index (χ4n) is 3.52. The van der Waals surface area contributed by atoms with Crippen molar-refractivity contribution in [2.45, 2.75) is 13.3 Å². The lowest BCUT2D eigenvalue weighted by molar-refractivity contribution is 0.0982. The molecule has 0 radical (unpaired) electrons. The van der Waals surface area contributed by atoms with Crippen molar-refractivity contribution in [3.8, 4) is 11.5 Å². The van der Waals surface area contributed by atoms with Gasteiger partial charge in [0.2, 0.25) is 5.89 Å². The highest BCUT2D eigenvalue weighted by atomic mass is 35.5. The van der Waals surface area contributed by atoms with Gasteiger partial charge in [0.15, 0.2) is 10.7 Å². The van der Waals surface area contributed by atoms with Crippen LogP contribution >= 0.6 is 46.8 Å². The Morgan fingerprint density at radius 3 is 2.65 bits per heavy atom. The minimum Gasteiger partial charge on any atom is -0.436 e. The van der Waals surface area contributed by atoms with Gasteiger partial charge in [0.25, 0.3) is 5.91 Å². The zero-order valence-electron chi connectivity index (χ0n) is 17.8. The number of hydrogen-bond donors (Lipinski definition) is 2. The summed E-state index contributed by atoms with van der Waals surface area (Å²) in [7, 11) is 0. The van der Waals surface area contributed by atoms with Gasteiger partial charge in [-0.1, -0.05) is 48.3 Å². The number of hydrogen-bond acceptors (Lipinski definition) is 5. The number of carbonyl (C=O) groups excluding carboxylic acids is 1. The zero-order valence-corrected chi connectivity index (χ0v) is 21.0. The number of amides is 1. The fourth-order valence-corrected chi connectivity index (χ4v) is 5.42. The lowest BCUT2D eigenvalue weighted by atomic mass is 10.1. The Hall–Kier alpha value is -2.97. The van der Waals surface area contributed by atoms with E-state index in [4.69, 9.17) is 39.8 Å². The zero-order chi connectivity index (χ0) is 23.8. The third kappa shape index (κ3) is 4.52. The molecule has 1 amide bonds. The van der Waals surface area contributed by atoms with E-state index in [9.17, 15) is 4.79 Å². The lowest BCUT2D eigenvalue weighted by Gasteiger charge is -2.08. The Bertz CT molecular complexity index is 1560. The Morgan fingerprint density at radius 1 is 1.09 bits per heavy atom. The number of nitrogens with one attached hydrogen (secondary N) is 2. The van der Waals surface area contributed by atoms with Gasteiger partial charge in [-0.25, -0.2) is 4.98 Å². The van der Waals surface area contributed by atoms with Crippen molar-refractivity contribution in [3.05, 3.63) is 81.1 Å². The Morgan fingerprint density at radius 2 is 1.88 bits per heavy atom. The standard InChI is InChI=1S/C25H17Cl2N3O2S2/c1-2-13-3-5-14(6-4-13)24-29-18-12-16(8-10-19(18)32-24)28-25(33)30-23(31)22-21(27)17-9-7-15(26)11-20(17)34-22/h3-12H,2H2,1H3,(H2,28,30,31,33). The minimum atomic E-state index is -0.389. The van der Waals surface area contributed by atoms with Crippen molar-refractivity contribution in [2.75, 3.05) is 5.32 Å². The van der Waals surface area contributed by atoms with Crippen molar-refractivity contribution in [1.82, 2.24) is 10.3 Å². The Balaban J connectivity index is 1.31. The van der Waals surface area contributed by atoms with Gasteiger partial charge < -0.3 is 9.73 Å². The van der Waals surface area contributed by atoms with Crippen LogP contribution in [0.4, 0.5) is 5.69 Å². The highest BCUT2D eigenvalue weighted by Gasteiger charge is 2.18. The molecule has 34 heavy (non-hydrogen) atoms. The van der Waals surface area contributed by atoms with E-state index >= 15 is 0 Å². The van der Waals surface area contributed by atoms with Crippen LogP contribution in [0.2, 0.25) is 10.0 Å². The van der Waals surface area contributed by atoms with Crippen molar-refractivity contribution < 1.29 is 9.21 Å². The van der Waals surface area contributed by atoms with Gasteiger partial charge in [0.05, 0.1) is 5.02 Å². The number of thiocarbonyl (C=S) groups is 1. The molecule has 0 unspecified atom stereocenters. The second kappa shape index (κ2) is 9.35. The number of carbonyl (C=O) groups is 1. The van der Waals surface area contributed by atoms with E-state index in [1.807, 2.05) is 30.3 Å². The molecule has 0 aliphatic rings. The number of nitrogens with zero attached hydrogens (tertiary/aromatic N) is 1. The van der Waals surface area contributed by atoms with Crippen LogP contribution in [0.3, 0.4) is 0 Å². The summed E-state index contributed by atoms with van der Waals surface area (Å²) < 4.78 is 6.73. The molecule has 0 saturated heterocycles. The first-order valence-electron chi connectivity index (χ1n) is 10.4. The molecular weight excluding hydrogens is 509 g/mol. The van der Waals surface area contributed by atoms with Gasteiger partial charge in [-0.05, 0) is 66.7 Å². The number of benzene rings is 3. The first-order chi connectivity index (χ1) is 16.4. The van der Waals surface area contributed by atoms with Gasteiger partial charge in [-0.15, -0.1) is 11.3 Å². The maximum absolute atomic E-state index is 12.8. The molecule has 2 aromatic heterocycles. The van der Waals surface area contributed by atoms with Gasteiger partial charge in [-0.2, -0.15) is 0 Å². The van der Waals surface area contributed by atoms with Gasteiger partial charge in [0.1, 0.15) is 10.4 Å². The van der Waals surface area contributed by atoms with Crippen LogP contribution in [-0.4, -0.2) is 16.0 Å².